The van der Waals surface area contributed by atoms with Gasteiger partial charge in [0.15, 0.2) is 0 Å². The first-order chi connectivity index (χ1) is 9.24. The number of ether oxygens (including phenoxy) is 1. The molecule has 1 saturated heterocycles. The van der Waals surface area contributed by atoms with Crippen LogP contribution in [0.1, 0.15) is 38.5 Å². The smallest absolute Gasteiger partial charge is 0.225 e. The third-order valence-corrected chi connectivity index (χ3v) is 4.70. The highest BCUT2D eigenvalue weighted by Crippen LogP contribution is 2.31. The van der Waals surface area contributed by atoms with Crippen molar-refractivity contribution in [3.63, 3.8) is 0 Å². The van der Waals surface area contributed by atoms with Crippen LogP contribution in [-0.2, 0) is 9.53 Å². The summed E-state index contributed by atoms with van der Waals surface area (Å²) < 4.78 is 5.23. The summed E-state index contributed by atoms with van der Waals surface area (Å²) in [6, 6.07) is 0. The summed E-state index contributed by atoms with van der Waals surface area (Å²) in [7, 11) is 1.74. The van der Waals surface area contributed by atoms with Crippen molar-refractivity contribution in [2.24, 2.45) is 23.5 Å². The summed E-state index contributed by atoms with van der Waals surface area (Å²) in [5.41, 5.74) is 5.76. The van der Waals surface area contributed by atoms with Crippen LogP contribution in [-0.4, -0.2) is 44.2 Å². The largest absolute Gasteiger partial charge is 0.384 e. The molecule has 1 amide bonds. The molecule has 2 fully saturated rings. The molecule has 110 valence electrons. The van der Waals surface area contributed by atoms with E-state index in [1.165, 1.54) is 12.8 Å². The van der Waals surface area contributed by atoms with E-state index in [2.05, 4.69) is 4.90 Å². The second-order valence-electron chi connectivity index (χ2n) is 6.21. The molecule has 3 unspecified atom stereocenters. The summed E-state index contributed by atoms with van der Waals surface area (Å²) in [4.78, 5) is 14.7. The van der Waals surface area contributed by atoms with Gasteiger partial charge in [-0.3, -0.25) is 4.79 Å². The van der Waals surface area contributed by atoms with Crippen LogP contribution in [0, 0.1) is 17.8 Å². The zero-order valence-corrected chi connectivity index (χ0v) is 12.1. The van der Waals surface area contributed by atoms with Gasteiger partial charge in [-0.05, 0) is 50.5 Å². The van der Waals surface area contributed by atoms with Crippen LogP contribution in [0.3, 0.4) is 0 Å². The number of carbonyl (C=O) groups is 1. The lowest BCUT2D eigenvalue weighted by molar-refractivity contribution is -0.139. The van der Waals surface area contributed by atoms with E-state index in [0.717, 1.165) is 51.9 Å². The molecule has 4 heteroatoms. The van der Waals surface area contributed by atoms with Gasteiger partial charge in [-0.1, -0.05) is 6.42 Å². The second kappa shape index (κ2) is 7.25. The Bertz CT molecular complexity index is 294. The number of nitrogens with two attached hydrogens (primary N) is 1. The molecule has 3 atom stereocenters. The molecule has 2 aliphatic rings. The minimum absolute atomic E-state index is 0.226. The lowest BCUT2D eigenvalue weighted by Crippen LogP contribution is -2.45. The third-order valence-electron chi connectivity index (χ3n) is 4.70. The van der Waals surface area contributed by atoms with Crippen molar-refractivity contribution in [3.05, 3.63) is 0 Å². The minimum atomic E-state index is 0.226. The summed E-state index contributed by atoms with van der Waals surface area (Å²) >= 11 is 0. The molecule has 1 heterocycles. The van der Waals surface area contributed by atoms with Gasteiger partial charge in [0, 0.05) is 26.1 Å². The van der Waals surface area contributed by atoms with Crippen LogP contribution in [0.2, 0.25) is 0 Å². The molecule has 0 aromatic heterocycles. The molecule has 0 bridgehead atoms. The molecule has 0 spiro atoms. The summed E-state index contributed by atoms with van der Waals surface area (Å²) in [6.07, 6.45) is 6.72. The average Bonchev–Trinajstić information content (AvgIpc) is 2.47. The van der Waals surface area contributed by atoms with E-state index in [4.69, 9.17) is 10.5 Å². The molecular formula is C15H28N2O2. The molecular weight excluding hydrogens is 240 g/mol. The lowest BCUT2D eigenvalue weighted by atomic mass is 9.80. The number of hydrogen-bond acceptors (Lipinski definition) is 3. The van der Waals surface area contributed by atoms with E-state index in [-0.39, 0.29) is 5.92 Å². The first kappa shape index (κ1) is 14.8. The Kier molecular flexibility index (Phi) is 5.64. The number of methoxy groups -OCH3 is 1. The van der Waals surface area contributed by atoms with Crippen molar-refractivity contribution in [2.75, 3.05) is 33.4 Å². The molecule has 0 aromatic carbocycles. The predicted molar refractivity (Wildman–Crippen MR) is 75.7 cm³/mol. The Hall–Kier alpha value is -0.610. The number of rotatable bonds is 4. The highest BCUT2D eigenvalue weighted by atomic mass is 16.5. The van der Waals surface area contributed by atoms with Crippen molar-refractivity contribution < 1.29 is 9.53 Å². The van der Waals surface area contributed by atoms with Gasteiger partial charge in [0.05, 0.1) is 6.61 Å². The average molecular weight is 268 g/mol. The van der Waals surface area contributed by atoms with E-state index in [0.29, 0.717) is 17.7 Å². The highest BCUT2D eigenvalue weighted by molar-refractivity contribution is 5.79. The normalized spacial score (nSPS) is 32.3. The fraction of sp³-hybridized carbons (Fsp3) is 0.933. The van der Waals surface area contributed by atoms with Crippen molar-refractivity contribution >= 4 is 5.91 Å². The van der Waals surface area contributed by atoms with Crippen molar-refractivity contribution in [1.82, 2.24) is 4.90 Å². The monoisotopic (exact) mass is 268 g/mol. The van der Waals surface area contributed by atoms with Gasteiger partial charge in [-0.2, -0.15) is 0 Å². The molecule has 0 radical (unpaired) electrons. The second-order valence-corrected chi connectivity index (χ2v) is 6.21. The Labute approximate surface area is 116 Å². The van der Waals surface area contributed by atoms with Crippen molar-refractivity contribution in [2.45, 2.75) is 38.5 Å². The Morgan fingerprint density at radius 2 is 2.05 bits per heavy atom. The van der Waals surface area contributed by atoms with Crippen LogP contribution < -0.4 is 5.73 Å². The zero-order valence-electron chi connectivity index (χ0n) is 12.1. The Balaban J connectivity index is 1.87. The van der Waals surface area contributed by atoms with Crippen molar-refractivity contribution in [3.8, 4) is 0 Å². The summed E-state index contributed by atoms with van der Waals surface area (Å²) in [6.45, 7) is 3.33. The van der Waals surface area contributed by atoms with E-state index >= 15 is 0 Å². The molecule has 2 N–H and O–H groups in total. The summed E-state index contributed by atoms with van der Waals surface area (Å²) in [5.74, 6) is 1.68. The Morgan fingerprint density at radius 3 is 2.79 bits per heavy atom. The van der Waals surface area contributed by atoms with Crippen LogP contribution in [0.15, 0.2) is 0 Å². The molecule has 1 aliphatic heterocycles. The van der Waals surface area contributed by atoms with E-state index < -0.39 is 0 Å². The van der Waals surface area contributed by atoms with E-state index in [1.54, 1.807) is 7.11 Å². The molecule has 1 aliphatic carbocycles. The van der Waals surface area contributed by atoms with Gasteiger partial charge < -0.3 is 15.4 Å². The highest BCUT2D eigenvalue weighted by Gasteiger charge is 2.32. The van der Waals surface area contributed by atoms with Crippen molar-refractivity contribution in [1.29, 1.82) is 0 Å². The molecule has 19 heavy (non-hydrogen) atoms. The SMILES string of the molecule is COCC1CCCN(C(=O)C2CCCC(CN)C2)C1. The fourth-order valence-electron chi connectivity index (χ4n) is 3.62. The van der Waals surface area contributed by atoms with Gasteiger partial charge in [0.25, 0.3) is 0 Å². The number of hydrogen-bond donors (Lipinski definition) is 1. The van der Waals surface area contributed by atoms with Crippen LogP contribution >= 0.6 is 0 Å². The predicted octanol–water partition coefficient (Wildman–Crippen LogP) is 1.64. The molecule has 1 saturated carbocycles. The van der Waals surface area contributed by atoms with Crippen LogP contribution in [0.5, 0.6) is 0 Å². The Morgan fingerprint density at radius 1 is 1.26 bits per heavy atom. The summed E-state index contributed by atoms with van der Waals surface area (Å²) in [5, 5.41) is 0. The number of nitrogens with zero attached hydrogens (tertiary/aromatic N) is 1. The molecule has 0 aromatic rings. The van der Waals surface area contributed by atoms with Gasteiger partial charge in [0.2, 0.25) is 5.91 Å². The fourth-order valence-corrected chi connectivity index (χ4v) is 3.62. The zero-order chi connectivity index (χ0) is 13.7. The molecule has 4 nitrogen and oxygen atoms in total. The van der Waals surface area contributed by atoms with E-state index in [9.17, 15) is 4.79 Å². The number of carbonyl (C=O) groups excluding carboxylic acids is 1. The standard InChI is InChI=1S/C15H28N2O2/c1-19-11-13-5-3-7-17(10-13)15(18)14-6-2-4-12(8-14)9-16/h12-14H,2-11,16H2,1H3. The van der Waals surface area contributed by atoms with Gasteiger partial charge >= 0.3 is 0 Å². The molecule has 2 rings (SSSR count). The maximum atomic E-state index is 12.6. The first-order valence-electron chi connectivity index (χ1n) is 7.72. The van der Waals surface area contributed by atoms with Gasteiger partial charge in [-0.15, -0.1) is 0 Å². The first-order valence-corrected chi connectivity index (χ1v) is 7.72. The lowest BCUT2D eigenvalue weighted by Gasteiger charge is -2.37. The number of likely N-dealkylation sites (tertiary alicyclic amines) is 1. The number of amides is 1. The maximum Gasteiger partial charge on any atom is 0.225 e. The van der Waals surface area contributed by atoms with E-state index in [1.807, 2.05) is 0 Å². The van der Waals surface area contributed by atoms with Gasteiger partial charge in [0.1, 0.15) is 0 Å². The third kappa shape index (κ3) is 3.93. The quantitative estimate of drug-likeness (QED) is 0.843. The maximum absolute atomic E-state index is 12.6. The van der Waals surface area contributed by atoms with Gasteiger partial charge in [-0.25, -0.2) is 0 Å². The minimum Gasteiger partial charge on any atom is -0.384 e. The van der Waals surface area contributed by atoms with Crippen LogP contribution in [0.4, 0.5) is 0 Å². The number of piperidine rings is 1. The van der Waals surface area contributed by atoms with Crippen LogP contribution in [0.25, 0.3) is 0 Å². The topological polar surface area (TPSA) is 55.6 Å².